The van der Waals surface area contributed by atoms with Crippen molar-refractivity contribution in [2.45, 2.75) is 19.4 Å². The number of hydrogen-bond acceptors (Lipinski definition) is 2. The third-order valence-electron chi connectivity index (χ3n) is 3.75. The zero-order chi connectivity index (χ0) is 14.8. The van der Waals surface area contributed by atoms with Crippen LogP contribution >= 0.6 is 11.6 Å². The molecule has 3 heteroatoms. The standard InChI is InChI=1S/C18H16ClNO/c1-12(15-4-2-3-13(9-15)11-21)17-8-6-14-5-7-16(19)10-18(14)20-17/h2-10,12,21H,11H2,1H3. The van der Waals surface area contributed by atoms with Crippen molar-refractivity contribution in [2.24, 2.45) is 0 Å². The van der Waals surface area contributed by atoms with Crippen LogP contribution in [0.5, 0.6) is 0 Å². The fourth-order valence-electron chi connectivity index (χ4n) is 2.48. The second kappa shape index (κ2) is 5.84. The van der Waals surface area contributed by atoms with Crippen LogP contribution in [0.4, 0.5) is 0 Å². The highest BCUT2D eigenvalue weighted by Gasteiger charge is 2.11. The van der Waals surface area contributed by atoms with Gasteiger partial charge in [-0.25, -0.2) is 0 Å². The molecule has 0 fully saturated rings. The number of pyridine rings is 1. The third-order valence-corrected chi connectivity index (χ3v) is 3.99. The lowest BCUT2D eigenvalue weighted by atomic mass is 9.95. The first-order valence-corrected chi connectivity index (χ1v) is 7.31. The maximum absolute atomic E-state index is 9.26. The smallest absolute Gasteiger partial charge is 0.0720 e. The number of fused-ring (bicyclic) bond motifs is 1. The molecule has 0 bridgehead atoms. The summed E-state index contributed by atoms with van der Waals surface area (Å²) in [5.41, 5.74) is 3.98. The highest BCUT2D eigenvalue weighted by Crippen LogP contribution is 2.26. The van der Waals surface area contributed by atoms with Crippen LogP contribution in [0, 0.1) is 0 Å². The van der Waals surface area contributed by atoms with Crippen LogP contribution in [0.1, 0.15) is 29.7 Å². The van der Waals surface area contributed by atoms with Gasteiger partial charge in [-0.05, 0) is 29.3 Å². The van der Waals surface area contributed by atoms with Gasteiger partial charge in [-0.15, -0.1) is 0 Å². The topological polar surface area (TPSA) is 33.1 Å². The quantitative estimate of drug-likeness (QED) is 0.770. The number of nitrogens with zero attached hydrogens (tertiary/aromatic N) is 1. The summed E-state index contributed by atoms with van der Waals surface area (Å²) < 4.78 is 0. The molecular weight excluding hydrogens is 282 g/mol. The first-order valence-electron chi connectivity index (χ1n) is 6.93. The Kier molecular flexibility index (Phi) is 3.91. The molecule has 1 heterocycles. The second-order valence-corrected chi connectivity index (χ2v) is 5.63. The Hall–Kier alpha value is -1.90. The summed E-state index contributed by atoms with van der Waals surface area (Å²) in [5, 5.41) is 11.0. The maximum atomic E-state index is 9.26. The van der Waals surface area contributed by atoms with Gasteiger partial charge in [-0.1, -0.05) is 54.9 Å². The Morgan fingerprint density at radius 3 is 2.71 bits per heavy atom. The zero-order valence-electron chi connectivity index (χ0n) is 11.8. The Morgan fingerprint density at radius 1 is 1.10 bits per heavy atom. The van der Waals surface area contributed by atoms with Crippen molar-refractivity contribution < 1.29 is 5.11 Å². The van der Waals surface area contributed by atoms with Gasteiger partial charge in [0.25, 0.3) is 0 Å². The van der Waals surface area contributed by atoms with E-state index in [-0.39, 0.29) is 12.5 Å². The predicted molar refractivity (Wildman–Crippen MR) is 86.6 cm³/mol. The predicted octanol–water partition coefficient (Wildman–Crippen LogP) is 4.53. The number of halogens is 1. The lowest BCUT2D eigenvalue weighted by Gasteiger charge is -2.13. The molecule has 1 unspecified atom stereocenters. The van der Waals surface area contributed by atoms with E-state index in [4.69, 9.17) is 16.6 Å². The van der Waals surface area contributed by atoms with Crippen LogP contribution in [0.2, 0.25) is 5.02 Å². The minimum absolute atomic E-state index is 0.0569. The van der Waals surface area contributed by atoms with Crippen LogP contribution in [-0.2, 0) is 6.61 Å². The summed E-state index contributed by atoms with van der Waals surface area (Å²) in [6.07, 6.45) is 0. The van der Waals surface area contributed by atoms with Crippen molar-refractivity contribution in [1.82, 2.24) is 4.98 Å². The van der Waals surface area contributed by atoms with Gasteiger partial charge in [0.05, 0.1) is 12.1 Å². The van der Waals surface area contributed by atoms with Gasteiger partial charge in [0.1, 0.15) is 0 Å². The Bertz CT molecular complexity index is 785. The van der Waals surface area contributed by atoms with Gasteiger partial charge >= 0.3 is 0 Å². The van der Waals surface area contributed by atoms with Gasteiger partial charge in [-0.3, -0.25) is 4.98 Å². The highest BCUT2D eigenvalue weighted by molar-refractivity contribution is 6.31. The Labute approximate surface area is 129 Å². The molecule has 3 aromatic rings. The van der Waals surface area contributed by atoms with E-state index in [1.54, 1.807) is 0 Å². The van der Waals surface area contributed by atoms with Gasteiger partial charge in [0, 0.05) is 22.0 Å². The largest absolute Gasteiger partial charge is 0.392 e. The van der Waals surface area contributed by atoms with Gasteiger partial charge < -0.3 is 5.11 Å². The van der Waals surface area contributed by atoms with Crippen LogP contribution in [-0.4, -0.2) is 10.1 Å². The SMILES string of the molecule is CC(c1cccc(CO)c1)c1ccc2ccc(Cl)cc2n1. The van der Waals surface area contributed by atoms with E-state index in [1.165, 1.54) is 0 Å². The molecule has 0 aliphatic heterocycles. The minimum atomic E-state index is 0.0569. The molecule has 1 atom stereocenters. The van der Waals surface area contributed by atoms with E-state index >= 15 is 0 Å². The Balaban J connectivity index is 2.02. The number of aromatic nitrogens is 1. The van der Waals surface area contributed by atoms with E-state index in [0.717, 1.165) is 27.7 Å². The van der Waals surface area contributed by atoms with Crippen molar-refractivity contribution in [3.05, 3.63) is 76.4 Å². The summed E-state index contributed by atoms with van der Waals surface area (Å²) in [6.45, 7) is 2.18. The number of aliphatic hydroxyl groups excluding tert-OH is 1. The van der Waals surface area contributed by atoms with Crippen molar-refractivity contribution in [2.75, 3.05) is 0 Å². The van der Waals surface area contributed by atoms with Gasteiger partial charge in [0.15, 0.2) is 0 Å². The average molecular weight is 298 g/mol. The minimum Gasteiger partial charge on any atom is -0.392 e. The highest BCUT2D eigenvalue weighted by atomic mass is 35.5. The number of hydrogen-bond donors (Lipinski definition) is 1. The molecule has 21 heavy (non-hydrogen) atoms. The first kappa shape index (κ1) is 14.1. The second-order valence-electron chi connectivity index (χ2n) is 5.20. The third kappa shape index (κ3) is 2.92. The van der Waals surface area contributed by atoms with Crippen LogP contribution < -0.4 is 0 Å². The summed E-state index contributed by atoms with van der Waals surface area (Å²) in [6, 6.07) is 17.8. The number of aliphatic hydroxyl groups is 1. The fourth-order valence-corrected chi connectivity index (χ4v) is 2.65. The monoisotopic (exact) mass is 297 g/mol. The normalized spacial score (nSPS) is 12.5. The summed E-state index contributed by atoms with van der Waals surface area (Å²) >= 11 is 6.04. The summed E-state index contributed by atoms with van der Waals surface area (Å²) in [7, 11) is 0. The molecule has 0 radical (unpaired) electrons. The summed E-state index contributed by atoms with van der Waals surface area (Å²) in [5.74, 6) is 0.167. The van der Waals surface area contributed by atoms with Crippen molar-refractivity contribution in [3.8, 4) is 0 Å². The van der Waals surface area contributed by atoms with E-state index < -0.39 is 0 Å². The molecule has 1 N–H and O–H groups in total. The van der Waals surface area contributed by atoms with Gasteiger partial charge in [0.2, 0.25) is 0 Å². The molecule has 2 nitrogen and oxygen atoms in total. The van der Waals surface area contributed by atoms with Crippen molar-refractivity contribution in [1.29, 1.82) is 0 Å². The molecule has 0 aliphatic carbocycles. The molecule has 0 spiro atoms. The lowest BCUT2D eigenvalue weighted by Crippen LogP contribution is -2.00. The van der Waals surface area contributed by atoms with E-state index in [9.17, 15) is 5.11 Å². The average Bonchev–Trinajstić information content (AvgIpc) is 2.53. The zero-order valence-corrected chi connectivity index (χ0v) is 12.5. The first-order chi connectivity index (χ1) is 10.2. The molecule has 2 aromatic carbocycles. The summed E-state index contributed by atoms with van der Waals surface area (Å²) in [4.78, 5) is 4.72. The molecule has 0 saturated heterocycles. The van der Waals surface area contributed by atoms with E-state index in [2.05, 4.69) is 19.1 Å². The van der Waals surface area contributed by atoms with Crippen LogP contribution in [0.25, 0.3) is 10.9 Å². The van der Waals surface area contributed by atoms with Crippen molar-refractivity contribution in [3.63, 3.8) is 0 Å². The number of rotatable bonds is 3. The molecule has 0 aliphatic rings. The molecule has 3 rings (SSSR count). The molecule has 0 saturated carbocycles. The van der Waals surface area contributed by atoms with E-state index in [0.29, 0.717) is 5.02 Å². The van der Waals surface area contributed by atoms with Crippen LogP contribution in [0.3, 0.4) is 0 Å². The molecule has 0 amide bonds. The van der Waals surface area contributed by atoms with E-state index in [1.807, 2.05) is 42.5 Å². The van der Waals surface area contributed by atoms with Crippen molar-refractivity contribution >= 4 is 22.5 Å². The Morgan fingerprint density at radius 2 is 1.90 bits per heavy atom. The van der Waals surface area contributed by atoms with Crippen LogP contribution in [0.15, 0.2) is 54.6 Å². The maximum Gasteiger partial charge on any atom is 0.0720 e. The number of benzene rings is 2. The molecular formula is C18H16ClNO. The lowest BCUT2D eigenvalue weighted by molar-refractivity contribution is 0.281. The van der Waals surface area contributed by atoms with Gasteiger partial charge in [-0.2, -0.15) is 0 Å². The molecule has 106 valence electrons. The fraction of sp³-hybridized carbons (Fsp3) is 0.167. The molecule has 1 aromatic heterocycles.